The van der Waals surface area contributed by atoms with Crippen LogP contribution in [0.2, 0.25) is 0 Å². The van der Waals surface area contributed by atoms with E-state index in [4.69, 9.17) is 18.9 Å². The van der Waals surface area contributed by atoms with Crippen molar-refractivity contribution in [2.24, 2.45) is 45.8 Å². The molecule has 0 aromatic carbocycles. The Morgan fingerprint density at radius 2 is 1.51 bits per heavy atom. The van der Waals surface area contributed by atoms with Crippen LogP contribution in [0.4, 0.5) is 0 Å². The predicted octanol–water partition coefficient (Wildman–Crippen LogP) is 6.03. The summed E-state index contributed by atoms with van der Waals surface area (Å²) in [6, 6.07) is 0. The SMILES string of the molecule is CC(C)OCC(O)COCC(C)(C)COCC(O)COC(=O)C1(C)CCCC2(C)C3CCC(C(C)C)CC3CCC12. The lowest BCUT2D eigenvalue weighted by atomic mass is 9.43. The molecule has 2 N–H and O–H groups in total. The van der Waals surface area contributed by atoms with Gasteiger partial charge in [-0.3, -0.25) is 4.79 Å². The number of carbonyl (C=O) groups is 1. The van der Waals surface area contributed by atoms with Gasteiger partial charge in [0.1, 0.15) is 18.8 Å². The van der Waals surface area contributed by atoms with E-state index in [2.05, 4.69) is 27.7 Å². The molecule has 240 valence electrons. The molecule has 3 aliphatic carbocycles. The van der Waals surface area contributed by atoms with Gasteiger partial charge in [0.15, 0.2) is 0 Å². The molecular weight excluding hydrogens is 520 g/mol. The van der Waals surface area contributed by atoms with Gasteiger partial charge in [0.25, 0.3) is 0 Å². The van der Waals surface area contributed by atoms with Crippen molar-refractivity contribution in [2.75, 3.05) is 39.6 Å². The van der Waals surface area contributed by atoms with E-state index in [9.17, 15) is 15.0 Å². The Morgan fingerprint density at radius 1 is 0.878 bits per heavy atom. The molecule has 7 heteroatoms. The third kappa shape index (κ3) is 9.14. The molecule has 3 rings (SSSR count). The zero-order chi connectivity index (χ0) is 30.4. The number of hydrogen-bond donors (Lipinski definition) is 2. The summed E-state index contributed by atoms with van der Waals surface area (Å²) in [6.45, 7) is 18.5. The molecule has 41 heavy (non-hydrogen) atoms. The van der Waals surface area contributed by atoms with Crippen molar-refractivity contribution in [3.8, 4) is 0 Å². The standard InChI is InChI=1S/C34H62O7/c1-23(2)25-10-12-29-26(16-25)11-13-30-33(29,7)14-9-15-34(30,8)31(37)41-20-28(36)18-39-22-32(5,6)21-38-17-27(35)19-40-24(3)4/h23-30,35-36H,9-22H2,1-8H3. The Bertz CT molecular complexity index is 813. The molecule has 8 unspecified atom stereocenters. The van der Waals surface area contributed by atoms with E-state index in [1.54, 1.807) is 0 Å². The smallest absolute Gasteiger partial charge is 0.312 e. The molecule has 0 spiro atoms. The van der Waals surface area contributed by atoms with Crippen LogP contribution in [0, 0.1) is 45.8 Å². The quantitative estimate of drug-likeness (QED) is 0.228. The zero-order valence-electron chi connectivity index (χ0n) is 27.5. The highest BCUT2D eigenvalue weighted by atomic mass is 16.6. The molecule has 0 aromatic rings. The van der Waals surface area contributed by atoms with Crippen molar-refractivity contribution in [3.63, 3.8) is 0 Å². The van der Waals surface area contributed by atoms with Crippen LogP contribution >= 0.6 is 0 Å². The first-order chi connectivity index (χ1) is 19.2. The van der Waals surface area contributed by atoms with Crippen LogP contribution in [0.3, 0.4) is 0 Å². The first-order valence-electron chi connectivity index (χ1n) is 16.5. The third-order valence-corrected chi connectivity index (χ3v) is 10.7. The van der Waals surface area contributed by atoms with Crippen LogP contribution in [0.5, 0.6) is 0 Å². The zero-order valence-corrected chi connectivity index (χ0v) is 27.5. The summed E-state index contributed by atoms with van der Waals surface area (Å²) in [5, 5.41) is 20.5. The van der Waals surface area contributed by atoms with Gasteiger partial charge in [0.2, 0.25) is 0 Å². The van der Waals surface area contributed by atoms with Crippen molar-refractivity contribution in [1.82, 2.24) is 0 Å². The van der Waals surface area contributed by atoms with Crippen LogP contribution in [-0.4, -0.2) is 74.1 Å². The van der Waals surface area contributed by atoms with Crippen LogP contribution in [0.25, 0.3) is 0 Å². The average molecular weight is 583 g/mol. The molecule has 0 radical (unpaired) electrons. The van der Waals surface area contributed by atoms with Crippen molar-refractivity contribution in [1.29, 1.82) is 0 Å². The topological polar surface area (TPSA) is 94.5 Å². The maximum absolute atomic E-state index is 13.6. The summed E-state index contributed by atoms with van der Waals surface area (Å²) in [5.74, 6) is 3.32. The summed E-state index contributed by atoms with van der Waals surface area (Å²) >= 11 is 0. The summed E-state index contributed by atoms with van der Waals surface area (Å²) in [6.07, 6.45) is 8.03. The lowest BCUT2D eigenvalue weighted by Crippen LogP contribution is -2.56. The third-order valence-electron chi connectivity index (χ3n) is 10.7. The Balaban J connectivity index is 1.43. The van der Waals surface area contributed by atoms with Crippen LogP contribution in [0.1, 0.15) is 107 Å². The highest BCUT2D eigenvalue weighted by Crippen LogP contribution is 2.64. The number of aliphatic hydroxyl groups excluding tert-OH is 2. The van der Waals surface area contributed by atoms with Crippen molar-refractivity contribution >= 4 is 5.97 Å². The summed E-state index contributed by atoms with van der Waals surface area (Å²) in [5.41, 5.74) is -0.580. The van der Waals surface area contributed by atoms with E-state index in [1.807, 2.05) is 27.7 Å². The molecule has 3 fully saturated rings. The van der Waals surface area contributed by atoms with Crippen LogP contribution < -0.4 is 0 Å². The lowest BCUT2D eigenvalue weighted by molar-refractivity contribution is -0.182. The Labute approximate surface area is 250 Å². The van der Waals surface area contributed by atoms with Gasteiger partial charge in [0.05, 0.1) is 44.6 Å². The maximum Gasteiger partial charge on any atom is 0.312 e. The van der Waals surface area contributed by atoms with Gasteiger partial charge in [0, 0.05) is 5.41 Å². The molecule has 8 atom stereocenters. The van der Waals surface area contributed by atoms with Crippen LogP contribution in [0.15, 0.2) is 0 Å². The Morgan fingerprint density at radius 3 is 2.12 bits per heavy atom. The van der Waals surface area contributed by atoms with Gasteiger partial charge in [-0.1, -0.05) is 41.0 Å². The molecule has 0 amide bonds. The molecule has 0 aliphatic heterocycles. The number of carbonyl (C=O) groups excluding carboxylic acids is 1. The van der Waals surface area contributed by atoms with E-state index in [0.29, 0.717) is 25.0 Å². The second-order valence-electron chi connectivity index (χ2n) is 15.6. The van der Waals surface area contributed by atoms with Crippen LogP contribution in [-0.2, 0) is 23.7 Å². The van der Waals surface area contributed by atoms with Gasteiger partial charge >= 0.3 is 5.97 Å². The molecule has 0 heterocycles. The molecule has 3 aliphatic rings. The fourth-order valence-corrected chi connectivity index (χ4v) is 8.44. The molecule has 0 aromatic heterocycles. The number of rotatable bonds is 15. The van der Waals surface area contributed by atoms with E-state index in [0.717, 1.165) is 37.0 Å². The molecular formula is C34H62O7. The monoisotopic (exact) mass is 582 g/mol. The Hall–Kier alpha value is -0.730. The van der Waals surface area contributed by atoms with Gasteiger partial charge in [-0.05, 0) is 101 Å². The largest absolute Gasteiger partial charge is 0.462 e. The van der Waals surface area contributed by atoms with Gasteiger partial charge in [-0.15, -0.1) is 0 Å². The first-order valence-corrected chi connectivity index (χ1v) is 16.5. The Kier molecular flexibility index (Phi) is 12.6. The number of hydrogen-bond acceptors (Lipinski definition) is 7. The second-order valence-corrected chi connectivity index (χ2v) is 15.6. The number of fused-ring (bicyclic) bond motifs is 3. The highest BCUT2D eigenvalue weighted by molar-refractivity contribution is 5.77. The van der Waals surface area contributed by atoms with Gasteiger partial charge < -0.3 is 29.2 Å². The van der Waals surface area contributed by atoms with Gasteiger partial charge in [-0.2, -0.15) is 0 Å². The first kappa shape index (κ1) is 34.8. The van der Waals surface area contributed by atoms with Crippen molar-refractivity contribution in [3.05, 3.63) is 0 Å². The minimum atomic E-state index is -0.869. The average Bonchev–Trinajstić information content (AvgIpc) is 2.89. The fourth-order valence-electron chi connectivity index (χ4n) is 8.44. The molecule has 0 bridgehead atoms. The number of esters is 1. The second kappa shape index (κ2) is 14.8. The minimum absolute atomic E-state index is 0.0427. The van der Waals surface area contributed by atoms with E-state index in [-0.39, 0.29) is 49.3 Å². The predicted molar refractivity (Wildman–Crippen MR) is 161 cm³/mol. The molecule has 7 nitrogen and oxygen atoms in total. The number of ether oxygens (including phenoxy) is 4. The van der Waals surface area contributed by atoms with Crippen molar-refractivity contribution < 1.29 is 34.0 Å². The lowest BCUT2D eigenvalue weighted by Gasteiger charge is -2.61. The minimum Gasteiger partial charge on any atom is -0.462 e. The normalized spacial score (nSPS) is 33.8. The molecule has 3 saturated carbocycles. The summed E-state index contributed by atoms with van der Waals surface area (Å²) in [7, 11) is 0. The van der Waals surface area contributed by atoms with E-state index in [1.165, 1.54) is 32.1 Å². The van der Waals surface area contributed by atoms with Gasteiger partial charge in [-0.25, -0.2) is 0 Å². The number of aliphatic hydroxyl groups is 2. The summed E-state index contributed by atoms with van der Waals surface area (Å²) in [4.78, 5) is 13.6. The molecule has 0 saturated heterocycles. The van der Waals surface area contributed by atoms with E-state index < -0.39 is 17.6 Å². The van der Waals surface area contributed by atoms with Crippen molar-refractivity contribution in [2.45, 2.75) is 125 Å². The summed E-state index contributed by atoms with van der Waals surface area (Å²) < 4.78 is 22.7. The maximum atomic E-state index is 13.6. The fraction of sp³-hybridized carbons (Fsp3) is 0.971. The van der Waals surface area contributed by atoms with E-state index >= 15 is 0 Å². The highest BCUT2D eigenvalue weighted by Gasteiger charge is 2.59.